The molecule has 0 heterocycles. The van der Waals surface area contributed by atoms with Crippen LogP contribution in [0.3, 0.4) is 0 Å². The molecule has 0 aliphatic heterocycles. The van der Waals surface area contributed by atoms with Crippen molar-refractivity contribution in [1.29, 1.82) is 0 Å². The molecule has 2 aromatic carbocycles. The van der Waals surface area contributed by atoms with Crippen LogP contribution in [0, 0.1) is 0 Å². The predicted molar refractivity (Wildman–Crippen MR) is 93.7 cm³/mol. The zero-order valence-electron chi connectivity index (χ0n) is 14.0. The Morgan fingerprint density at radius 1 is 0.957 bits per heavy atom. The van der Waals surface area contributed by atoms with Crippen molar-refractivity contribution in [2.45, 2.75) is 38.5 Å². The smallest absolute Gasteiger partial charge is 0.150 e. The summed E-state index contributed by atoms with van der Waals surface area (Å²) in [6.07, 6.45) is 2.56. The summed E-state index contributed by atoms with van der Waals surface area (Å²) in [6, 6.07) is 16.6. The van der Waals surface area contributed by atoms with E-state index in [0.717, 1.165) is 24.0 Å². The number of hydrogen-bond acceptors (Lipinski definition) is 2. The average Bonchev–Trinajstić information content (AvgIpc) is 2.89. The van der Waals surface area contributed by atoms with Crippen molar-refractivity contribution in [2.75, 3.05) is 13.2 Å². The molecule has 2 nitrogen and oxygen atoms in total. The number of carbonyl (C=O) groups excluding carboxylic acids is 1. The Labute approximate surface area is 138 Å². The van der Waals surface area contributed by atoms with E-state index >= 15 is 0 Å². The topological polar surface area (TPSA) is 26.3 Å². The van der Waals surface area contributed by atoms with Crippen molar-refractivity contribution in [2.24, 2.45) is 0 Å². The van der Waals surface area contributed by atoms with Crippen LogP contribution in [0.15, 0.2) is 48.5 Å². The number of hydrogen-bond donors (Lipinski definition) is 0. The van der Waals surface area contributed by atoms with Gasteiger partial charge in [0, 0.05) is 13.0 Å². The third-order valence-corrected chi connectivity index (χ3v) is 4.82. The lowest BCUT2D eigenvalue weighted by molar-refractivity contribution is -0.125. The number of rotatable bonds is 7. The highest BCUT2D eigenvalue weighted by molar-refractivity contribution is 6.01. The third kappa shape index (κ3) is 2.51. The molecule has 3 rings (SSSR count). The predicted octanol–water partition coefficient (Wildman–Crippen LogP) is 4.75. The summed E-state index contributed by atoms with van der Waals surface area (Å²) in [5.41, 5.74) is 3.92. The molecule has 23 heavy (non-hydrogen) atoms. The molecule has 0 bridgehead atoms. The Bertz CT molecular complexity index is 657. The van der Waals surface area contributed by atoms with Gasteiger partial charge in [-0.25, -0.2) is 0 Å². The second kappa shape index (κ2) is 6.67. The lowest BCUT2D eigenvalue weighted by atomic mass is 9.73. The molecule has 2 heteroatoms. The second-order valence-corrected chi connectivity index (χ2v) is 6.16. The Balaban J connectivity index is 2.19. The van der Waals surface area contributed by atoms with Gasteiger partial charge in [0.05, 0.1) is 6.61 Å². The highest BCUT2D eigenvalue weighted by atomic mass is 16.5. The van der Waals surface area contributed by atoms with Crippen LogP contribution in [0.1, 0.15) is 44.2 Å². The quantitative estimate of drug-likeness (QED) is 0.738. The summed E-state index contributed by atoms with van der Waals surface area (Å²) in [4.78, 5) is 13.3. The fourth-order valence-corrected chi connectivity index (χ4v) is 3.67. The molecule has 0 N–H and O–H groups in total. The van der Waals surface area contributed by atoms with Crippen molar-refractivity contribution in [1.82, 2.24) is 0 Å². The van der Waals surface area contributed by atoms with E-state index < -0.39 is 5.41 Å². The number of ether oxygens (including phenoxy) is 1. The van der Waals surface area contributed by atoms with Gasteiger partial charge in [0.1, 0.15) is 11.2 Å². The van der Waals surface area contributed by atoms with Crippen LogP contribution in [0.25, 0.3) is 11.1 Å². The molecule has 0 aromatic heterocycles. The first-order valence-corrected chi connectivity index (χ1v) is 8.56. The molecule has 0 atom stereocenters. The van der Waals surface area contributed by atoms with Crippen molar-refractivity contribution < 1.29 is 9.53 Å². The van der Waals surface area contributed by atoms with Crippen LogP contribution in [-0.4, -0.2) is 19.0 Å². The summed E-state index contributed by atoms with van der Waals surface area (Å²) in [5.74, 6) is 0.283. The summed E-state index contributed by atoms with van der Waals surface area (Å²) in [7, 11) is 0. The summed E-state index contributed by atoms with van der Waals surface area (Å²) in [6.45, 7) is 5.16. The van der Waals surface area contributed by atoms with Crippen LogP contribution in [0.4, 0.5) is 0 Å². The van der Waals surface area contributed by atoms with E-state index in [0.29, 0.717) is 19.6 Å². The molecular formula is C21H24O2. The number of ketones is 1. The second-order valence-electron chi connectivity index (χ2n) is 6.16. The summed E-state index contributed by atoms with van der Waals surface area (Å²) in [5, 5.41) is 0. The Morgan fingerprint density at radius 3 is 2.04 bits per heavy atom. The zero-order valence-corrected chi connectivity index (χ0v) is 14.0. The normalized spacial score (nSPS) is 14.3. The highest BCUT2D eigenvalue weighted by Gasteiger charge is 2.48. The van der Waals surface area contributed by atoms with Gasteiger partial charge >= 0.3 is 0 Å². The van der Waals surface area contributed by atoms with Crippen LogP contribution in [0.2, 0.25) is 0 Å². The van der Waals surface area contributed by atoms with E-state index in [4.69, 9.17) is 4.74 Å². The summed E-state index contributed by atoms with van der Waals surface area (Å²) < 4.78 is 5.81. The van der Waals surface area contributed by atoms with Crippen molar-refractivity contribution >= 4 is 5.78 Å². The van der Waals surface area contributed by atoms with Crippen LogP contribution < -0.4 is 0 Å². The highest BCUT2D eigenvalue weighted by Crippen LogP contribution is 2.50. The summed E-state index contributed by atoms with van der Waals surface area (Å²) >= 11 is 0. The van der Waals surface area contributed by atoms with E-state index in [1.54, 1.807) is 0 Å². The molecule has 2 aromatic rings. The first-order chi connectivity index (χ1) is 11.3. The average molecular weight is 308 g/mol. The van der Waals surface area contributed by atoms with E-state index in [2.05, 4.69) is 31.2 Å². The van der Waals surface area contributed by atoms with E-state index in [1.165, 1.54) is 11.1 Å². The number of benzene rings is 2. The zero-order chi connectivity index (χ0) is 16.3. The van der Waals surface area contributed by atoms with Crippen molar-refractivity contribution in [3.63, 3.8) is 0 Å². The molecule has 0 saturated heterocycles. The first kappa shape index (κ1) is 15.9. The molecule has 1 aliphatic rings. The van der Waals surface area contributed by atoms with Gasteiger partial charge in [-0.1, -0.05) is 61.9 Å². The first-order valence-electron chi connectivity index (χ1n) is 8.56. The van der Waals surface area contributed by atoms with Crippen LogP contribution in [0.5, 0.6) is 0 Å². The molecule has 120 valence electrons. The number of carbonyl (C=O) groups is 1. The Morgan fingerprint density at radius 2 is 1.52 bits per heavy atom. The van der Waals surface area contributed by atoms with Gasteiger partial charge < -0.3 is 4.74 Å². The Hall–Kier alpha value is -1.93. The van der Waals surface area contributed by atoms with E-state index in [9.17, 15) is 4.79 Å². The van der Waals surface area contributed by atoms with Gasteiger partial charge in [-0.3, -0.25) is 4.79 Å². The van der Waals surface area contributed by atoms with Crippen LogP contribution in [-0.2, 0) is 14.9 Å². The number of unbranched alkanes of at least 4 members (excludes halogenated alkanes) is 1. The number of Topliss-reactive ketones (excluding diaryl/α,β-unsaturated/α-hetero) is 1. The Kier molecular flexibility index (Phi) is 4.63. The fraction of sp³-hybridized carbons (Fsp3) is 0.381. The molecule has 0 amide bonds. The van der Waals surface area contributed by atoms with Gasteiger partial charge in [0.25, 0.3) is 0 Å². The molecule has 0 fully saturated rings. The minimum atomic E-state index is -0.641. The molecule has 0 unspecified atom stereocenters. The molecule has 0 radical (unpaired) electrons. The molecule has 0 saturated carbocycles. The maximum atomic E-state index is 13.3. The maximum Gasteiger partial charge on any atom is 0.150 e. The lowest BCUT2D eigenvalue weighted by Gasteiger charge is -2.30. The number of fused-ring (bicyclic) bond motifs is 3. The fourth-order valence-electron chi connectivity index (χ4n) is 3.67. The monoisotopic (exact) mass is 308 g/mol. The largest absolute Gasteiger partial charge is 0.380 e. The van der Waals surface area contributed by atoms with E-state index in [1.807, 2.05) is 31.2 Å². The van der Waals surface area contributed by atoms with Gasteiger partial charge in [0.2, 0.25) is 0 Å². The minimum Gasteiger partial charge on any atom is -0.380 e. The standard InChI is InChI=1S/C21H24O2/c1-3-5-14-20(22)21(15-23-4-2)18-12-8-6-10-16(18)17-11-7-9-13-19(17)21/h6-13H,3-5,14-15H2,1-2H3. The molecular weight excluding hydrogens is 284 g/mol. The van der Waals surface area contributed by atoms with Gasteiger partial charge in [-0.2, -0.15) is 0 Å². The van der Waals surface area contributed by atoms with Gasteiger partial charge in [-0.05, 0) is 35.6 Å². The minimum absolute atomic E-state index is 0.283. The molecule has 0 spiro atoms. The molecule has 1 aliphatic carbocycles. The van der Waals surface area contributed by atoms with Gasteiger partial charge in [-0.15, -0.1) is 0 Å². The maximum absolute atomic E-state index is 13.3. The third-order valence-electron chi connectivity index (χ3n) is 4.82. The SMILES string of the molecule is CCCCC(=O)C1(COCC)c2ccccc2-c2ccccc21. The van der Waals surface area contributed by atoms with E-state index in [-0.39, 0.29) is 5.78 Å². The van der Waals surface area contributed by atoms with Gasteiger partial charge in [0.15, 0.2) is 0 Å². The lowest BCUT2D eigenvalue weighted by Crippen LogP contribution is -2.40. The van der Waals surface area contributed by atoms with Crippen molar-refractivity contribution in [3.05, 3.63) is 59.7 Å². The van der Waals surface area contributed by atoms with Crippen molar-refractivity contribution in [3.8, 4) is 11.1 Å². The van der Waals surface area contributed by atoms with Crippen LogP contribution >= 0.6 is 0 Å².